The largest absolute Gasteiger partial charge is 0.383 e. The minimum atomic E-state index is -3.33. The Morgan fingerprint density at radius 1 is 1.35 bits per heavy atom. The van der Waals surface area contributed by atoms with Gasteiger partial charge in [-0.2, -0.15) is 0 Å². The van der Waals surface area contributed by atoms with Crippen LogP contribution in [-0.2, 0) is 34.4 Å². The first-order chi connectivity index (χ1) is 9.03. The highest BCUT2D eigenvalue weighted by Gasteiger charge is 2.20. The number of ether oxygens (including phenoxy) is 1. The van der Waals surface area contributed by atoms with E-state index in [9.17, 15) is 8.42 Å². The number of halogens is 1. The minimum Gasteiger partial charge on any atom is -0.383 e. The van der Waals surface area contributed by atoms with Gasteiger partial charge >= 0.3 is 0 Å². The molecule has 1 aromatic carbocycles. The van der Waals surface area contributed by atoms with E-state index in [0.29, 0.717) is 6.54 Å². The Morgan fingerprint density at radius 3 is 2.75 bits per heavy atom. The van der Waals surface area contributed by atoms with Crippen molar-refractivity contribution in [2.45, 2.75) is 31.8 Å². The average Bonchev–Trinajstić information content (AvgIpc) is 2.84. The molecule has 20 heavy (non-hydrogen) atoms. The Balaban J connectivity index is 0.00000200. The van der Waals surface area contributed by atoms with E-state index in [4.69, 9.17) is 4.74 Å². The number of fused-ring (bicyclic) bond motifs is 1. The number of hydrogen-bond acceptors (Lipinski definition) is 4. The Hall–Kier alpha value is -0.660. The smallest absolute Gasteiger partial charge is 0.216 e. The van der Waals surface area contributed by atoms with E-state index >= 15 is 0 Å². The van der Waals surface area contributed by atoms with Gasteiger partial charge in [-0.1, -0.05) is 18.2 Å². The van der Waals surface area contributed by atoms with Crippen LogP contribution in [0, 0.1) is 0 Å². The van der Waals surface area contributed by atoms with Gasteiger partial charge in [0.2, 0.25) is 10.0 Å². The number of sulfonamides is 1. The van der Waals surface area contributed by atoms with Crippen molar-refractivity contribution < 1.29 is 13.2 Å². The van der Waals surface area contributed by atoms with Crippen LogP contribution in [0.2, 0.25) is 0 Å². The van der Waals surface area contributed by atoms with Crippen molar-refractivity contribution >= 4 is 22.4 Å². The average molecular weight is 321 g/mol. The molecule has 0 amide bonds. The zero-order chi connectivity index (χ0) is 13.9. The van der Waals surface area contributed by atoms with Gasteiger partial charge < -0.3 is 10.1 Å². The summed E-state index contributed by atoms with van der Waals surface area (Å²) >= 11 is 0. The van der Waals surface area contributed by atoms with E-state index in [1.807, 2.05) is 6.07 Å². The molecule has 5 nitrogen and oxygen atoms in total. The van der Waals surface area contributed by atoms with Gasteiger partial charge in [-0.15, -0.1) is 12.4 Å². The molecule has 2 rings (SSSR count). The molecule has 0 aliphatic carbocycles. The van der Waals surface area contributed by atoms with Gasteiger partial charge in [-0.25, -0.2) is 13.1 Å². The Labute approximate surface area is 126 Å². The molecule has 0 bridgehead atoms. The first kappa shape index (κ1) is 17.4. The first-order valence-corrected chi connectivity index (χ1v) is 7.86. The summed E-state index contributed by atoms with van der Waals surface area (Å²) in [7, 11) is -1.83. The maximum absolute atomic E-state index is 11.9. The summed E-state index contributed by atoms with van der Waals surface area (Å²) in [6.07, 6.45) is 0. The van der Waals surface area contributed by atoms with Gasteiger partial charge in [0.15, 0.2) is 0 Å². The van der Waals surface area contributed by atoms with Gasteiger partial charge in [0.25, 0.3) is 0 Å². The molecule has 114 valence electrons. The standard InChI is InChI=1S/C13H20N2O3S.ClH/c1-10(9-18-2)19(16,17)15-6-11-3-4-12-7-14-8-13(12)5-11;/h3-5,10,14-15H,6-9H2,1-2H3;1H. The monoisotopic (exact) mass is 320 g/mol. The van der Waals surface area contributed by atoms with Crippen LogP contribution in [0.5, 0.6) is 0 Å². The van der Waals surface area contributed by atoms with Crippen molar-refractivity contribution in [1.29, 1.82) is 0 Å². The maximum atomic E-state index is 11.9. The highest BCUT2D eigenvalue weighted by atomic mass is 35.5. The summed E-state index contributed by atoms with van der Waals surface area (Å²) in [6, 6.07) is 6.08. The lowest BCUT2D eigenvalue weighted by Crippen LogP contribution is -2.34. The molecule has 7 heteroatoms. The van der Waals surface area contributed by atoms with Gasteiger partial charge in [0, 0.05) is 26.7 Å². The lowest BCUT2D eigenvalue weighted by molar-refractivity contribution is 0.200. The molecule has 1 heterocycles. The lowest BCUT2D eigenvalue weighted by Gasteiger charge is -2.13. The molecule has 1 aliphatic heterocycles. The zero-order valence-electron chi connectivity index (χ0n) is 11.7. The van der Waals surface area contributed by atoms with E-state index in [2.05, 4.69) is 22.2 Å². The third-order valence-electron chi connectivity index (χ3n) is 3.31. The van der Waals surface area contributed by atoms with E-state index in [1.165, 1.54) is 18.2 Å². The fraction of sp³-hybridized carbons (Fsp3) is 0.538. The summed E-state index contributed by atoms with van der Waals surface area (Å²) in [4.78, 5) is 0. The summed E-state index contributed by atoms with van der Waals surface area (Å²) in [5, 5.41) is 2.72. The normalized spacial score (nSPS) is 15.5. The lowest BCUT2D eigenvalue weighted by atomic mass is 10.1. The van der Waals surface area contributed by atoms with E-state index < -0.39 is 15.3 Å². The fourth-order valence-corrected chi connectivity index (χ4v) is 3.08. The first-order valence-electron chi connectivity index (χ1n) is 6.32. The molecule has 0 saturated heterocycles. The van der Waals surface area contributed by atoms with Crippen LogP contribution in [0.3, 0.4) is 0 Å². The summed E-state index contributed by atoms with van der Waals surface area (Å²) in [5.74, 6) is 0. The van der Waals surface area contributed by atoms with Crippen molar-refractivity contribution in [3.63, 3.8) is 0 Å². The maximum Gasteiger partial charge on any atom is 0.216 e. The number of benzene rings is 1. The van der Waals surface area contributed by atoms with Gasteiger partial charge in [-0.3, -0.25) is 0 Å². The second-order valence-electron chi connectivity index (χ2n) is 4.84. The Kier molecular flexibility index (Phi) is 6.42. The van der Waals surface area contributed by atoms with Crippen molar-refractivity contribution in [1.82, 2.24) is 10.0 Å². The predicted octanol–water partition coefficient (Wildman–Crippen LogP) is 1.17. The Bertz CT molecular complexity index is 549. The second-order valence-corrected chi connectivity index (χ2v) is 7.02. The summed E-state index contributed by atoms with van der Waals surface area (Å²) in [6.45, 7) is 3.91. The molecule has 1 unspecified atom stereocenters. The van der Waals surface area contributed by atoms with Crippen LogP contribution >= 0.6 is 12.4 Å². The van der Waals surface area contributed by atoms with Crippen LogP contribution in [0.15, 0.2) is 18.2 Å². The summed E-state index contributed by atoms with van der Waals surface area (Å²) in [5.41, 5.74) is 3.52. The number of methoxy groups -OCH3 is 1. The fourth-order valence-electron chi connectivity index (χ4n) is 2.11. The minimum absolute atomic E-state index is 0. The third kappa shape index (κ3) is 4.17. The van der Waals surface area contributed by atoms with Crippen LogP contribution < -0.4 is 10.0 Å². The van der Waals surface area contributed by atoms with E-state index in [0.717, 1.165) is 18.7 Å². The van der Waals surface area contributed by atoms with Crippen LogP contribution in [0.4, 0.5) is 0 Å². The van der Waals surface area contributed by atoms with E-state index in [-0.39, 0.29) is 19.0 Å². The molecule has 0 spiro atoms. The molecule has 0 aromatic heterocycles. The van der Waals surface area contributed by atoms with Crippen molar-refractivity contribution in [3.05, 3.63) is 34.9 Å². The second kappa shape index (κ2) is 7.38. The topological polar surface area (TPSA) is 67.4 Å². The Morgan fingerprint density at radius 2 is 2.05 bits per heavy atom. The quantitative estimate of drug-likeness (QED) is 0.825. The van der Waals surface area contributed by atoms with Crippen molar-refractivity contribution in [3.8, 4) is 0 Å². The molecule has 1 atom stereocenters. The molecule has 0 fully saturated rings. The van der Waals surface area contributed by atoms with E-state index in [1.54, 1.807) is 6.92 Å². The molecule has 1 aromatic rings. The van der Waals surface area contributed by atoms with Crippen LogP contribution in [0.25, 0.3) is 0 Å². The zero-order valence-corrected chi connectivity index (χ0v) is 13.3. The highest BCUT2D eigenvalue weighted by Crippen LogP contribution is 2.17. The van der Waals surface area contributed by atoms with Crippen LogP contribution in [0.1, 0.15) is 23.6 Å². The number of rotatable bonds is 6. The molecule has 2 N–H and O–H groups in total. The van der Waals surface area contributed by atoms with Gasteiger partial charge in [-0.05, 0) is 23.6 Å². The predicted molar refractivity (Wildman–Crippen MR) is 81.3 cm³/mol. The molecular formula is C13H21ClN2O3S. The molecular weight excluding hydrogens is 300 g/mol. The number of hydrogen-bond donors (Lipinski definition) is 2. The van der Waals surface area contributed by atoms with Crippen LogP contribution in [-0.4, -0.2) is 27.4 Å². The van der Waals surface area contributed by atoms with Gasteiger partial charge in [0.1, 0.15) is 0 Å². The van der Waals surface area contributed by atoms with Crippen molar-refractivity contribution in [2.24, 2.45) is 0 Å². The number of nitrogens with one attached hydrogen (secondary N) is 2. The summed E-state index contributed by atoms with van der Waals surface area (Å²) < 4.78 is 31.3. The van der Waals surface area contributed by atoms with Gasteiger partial charge in [0.05, 0.1) is 11.9 Å². The SMILES string of the molecule is COCC(C)S(=O)(=O)NCc1ccc2c(c1)CNC2.Cl. The molecule has 0 saturated carbocycles. The third-order valence-corrected chi connectivity index (χ3v) is 5.05. The molecule has 0 radical (unpaired) electrons. The van der Waals surface area contributed by atoms with Crippen molar-refractivity contribution in [2.75, 3.05) is 13.7 Å². The highest BCUT2D eigenvalue weighted by molar-refractivity contribution is 7.90. The molecule has 1 aliphatic rings.